The maximum atomic E-state index is 13.3. The van der Waals surface area contributed by atoms with Crippen molar-refractivity contribution < 1.29 is 4.39 Å². The molecule has 0 aliphatic carbocycles. The number of halogens is 2. The first-order valence-electron chi connectivity index (χ1n) is 4.57. The number of tetrazole rings is 1. The van der Waals surface area contributed by atoms with Crippen LogP contribution in [-0.4, -0.2) is 20.2 Å². The average molecular weight is 242 g/mol. The number of hydrogen-bond donors (Lipinski definition) is 1. The minimum Gasteiger partial charge on any atom is -0.375 e. The molecule has 84 valence electrons. The molecule has 5 nitrogen and oxygen atoms in total. The molecule has 16 heavy (non-hydrogen) atoms. The topological polar surface area (TPSA) is 55.6 Å². The molecule has 1 aromatic heterocycles. The molecule has 0 saturated carbocycles. The van der Waals surface area contributed by atoms with Gasteiger partial charge in [0.05, 0.1) is 19.3 Å². The van der Waals surface area contributed by atoms with E-state index in [0.29, 0.717) is 23.1 Å². The fourth-order valence-electron chi connectivity index (χ4n) is 1.20. The normalized spacial score (nSPS) is 10.4. The lowest BCUT2D eigenvalue weighted by molar-refractivity contribution is 0.626. The minimum atomic E-state index is -0.367. The lowest BCUT2D eigenvalue weighted by Gasteiger charge is -2.04. The molecule has 0 amide bonds. The Morgan fingerprint density at radius 3 is 3.00 bits per heavy atom. The van der Waals surface area contributed by atoms with Crippen LogP contribution in [-0.2, 0) is 13.6 Å². The van der Waals surface area contributed by atoms with Gasteiger partial charge in [0.2, 0.25) is 0 Å². The average Bonchev–Trinajstić information content (AvgIpc) is 2.66. The SMILES string of the molecule is Cn1nnc(CNc2cc(Cl)ccc2F)n1. The van der Waals surface area contributed by atoms with Gasteiger partial charge in [-0.3, -0.25) is 0 Å². The summed E-state index contributed by atoms with van der Waals surface area (Å²) < 4.78 is 13.3. The van der Waals surface area contributed by atoms with E-state index in [0.717, 1.165) is 0 Å². The van der Waals surface area contributed by atoms with Gasteiger partial charge in [-0.1, -0.05) is 11.6 Å². The number of aryl methyl sites for hydroxylation is 1. The fraction of sp³-hybridized carbons (Fsp3) is 0.222. The van der Waals surface area contributed by atoms with Gasteiger partial charge in [-0.05, 0) is 23.4 Å². The molecule has 0 spiro atoms. The molecule has 0 bridgehead atoms. The van der Waals surface area contributed by atoms with Gasteiger partial charge in [0.1, 0.15) is 5.82 Å². The Balaban J connectivity index is 2.07. The molecular formula is C9H9ClFN5. The number of nitrogens with zero attached hydrogens (tertiary/aromatic N) is 4. The summed E-state index contributed by atoms with van der Waals surface area (Å²) in [5.41, 5.74) is 0.319. The second kappa shape index (κ2) is 4.44. The summed E-state index contributed by atoms with van der Waals surface area (Å²) >= 11 is 5.75. The number of rotatable bonds is 3. The minimum absolute atomic E-state index is 0.297. The maximum Gasteiger partial charge on any atom is 0.193 e. The van der Waals surface area contributed by atoms with Crippen LogP contribution in [0.3, 0.4) is 0 Å². The monoisotopic (exact) mass is 241 g/mol. The molecule has 1 N–H and O–H groups in total. The van der Waals surface area contributed by atoms with Crippen LogP contribution < -0.4 is 5.32 Å². The number of nitrogens with one attached hydrogen (secondary N) is 1. The fourth-order valence-corrected chi connectivity index (χ4v) is 1.37. The zero-order valence-electron chi connectivity index (χ0n) is 8.48. The van der Waals surface area contributed by atoms with Crippen molar-refractivity contribution in [1.29, 1.82) is 0 Å². The molecule has 0 fully saturated rings. The Kier molecular flexibility index (Phi) is 3.00. The van der Waals surface area contributed by atoms with Crippen LogP contribution in [0.15, 0.2) is 18.2 Å². The third-order valence-corrected chi connectivity index (χ3v) is 2.15. The highest BCUT2D eigenvalue weighted by Gasteiger charge is 2.04. The molecule has 0 aliphatic heterocycles. The predicted octanol–water partition coefficient (Wildman–Crippen LogP) is 1.61. The first-order chi connectivity index (χ1) is 7.65. The Bertz CT molecular complexity index is 498. The van der Waals surface area contributed by atoms with E-state index in [1.165, 1.54) is 23.0 Å². The summed E-state index contributed by atoms with van der Waals surface area (Å²) in [5, 5.41) is 14.7. The van der Waals surface area contributed by atoms with Gasteiger partial charge in [-0.25, -0.2) is 4.39 Å². The van der Waals surface area contributed by atoms with Crippen molar-refractivity contribution in [3.8, 4) is 0 Å². The van der Waals surface area contributed by atoms with E-state index in [-0.39, 0.29) is 5.82 Å². The van der Waals surface area contributed by atoms with Crippen LogP contribution in [0.4, 0.5) is 10.1 Å². The summed E-state index contributed by atoms with van der Waals surface area (Å²) in [6, 6.07) is 4.30. The van der Waals surface area contributed by atoms with Gasteiger partial charge in [-0.2, -0.15) is 4.80 Å². The standard InChI is InChI=1S/C9H9ClFN5/c1-16-14-9(13-15-16)5-12-8-4-6(10)2-3-7(8)11/h2-4,12H,5H2,1H3. The number of anilines is 1. The summed E-state index contributed by atoms with van der Waals surface area (Å²) in [7, 11) is 1.66. The molecule has 2 aromatic rings. The first-order valence-corrected chi connectivity index (χ1v) is 4.95. The molecule has 1 heterocycles. The Morgan fingerprint density at radius 1 is 1.50 bits per heavy atom. The summed E-state index contributed by atoms with van der Waals surface area (Å²) in [6.07, 6.45) is 0. The van der Waals surface area contributed by atoms with E-state index in [1.54, 1.807) is 7.05 Å². The summed E-state index contributed by atoms with van der Waals surface area (Å²) in [5.74, 6) is 0.121. The number of benzene rings is 1. The van der Waals surface area contributed by atoms with E-state index >= 15 is 0 Å². The molecular weight excluding hydrogens is 233 g/mol. The lowest BCUT2D eigenvalue weighted by Crippen LogP contribution is -2.03. The van der Waals surface area contributed by atoms with Crippen molar-refractivity contribution in [1.82, 2.24) is 20.2 Å². The van der Waals surface area contributed by atoms with Crippen LogP contribution in [0, 0.1) is 5.82 Å². The van der Waals surface area contributed by atoms with Gasteiger partial charge in [0, 0.05) is 5.02 Å². The van der Waals surface area contributed by atoms with Gasteiger partial charge in [0.15, 0.2) is 5.82 Å². The molecule has 0 aliphatic rings. The van der Waals surface area contributed by atoms with E-state index in [2.05, 4.69) is 20.7 Å². The number of hydrogen-bond acceptors (Lipinski definition) is 4. The van der Waals surface area contributed by atoms with Gasteiger partial charge in [0.25, 0.3) is 0 Å². The Hall–Kier alpha value is -1.69. The predicted molar refractivity (Wildman–Crippen MR) is 57.5 cm³/mol. The van der Waals surface area contributed by atoms with Crippen molar-refractivity contribution in [3.63, 3.8) is 0 Å². The molecule has 0 saturated heterocycles. The van der Waals surface area contributed by atoms with E-state index in [9.17, 15) is 4.39 Å². The van der Waals surface area contributed by atoms with Crippen molar-refractivity contribution >= 4 is 17.3 Å². The van der Waals surface area contributed by atoms with Crippen molar-refractivity contribution in [2.45, 2.75) is 6.54 Å². The van der Waals surface area contributed by atoms with Crippen LogP contribution in [0.5, 0.6) is 0 Å². The highest BCUT2D eigenvalue weighted by molar-refractivity contribution is 6.30. The van der Waals surface area contributed by atoms with E-state index < -0.39 is 0 Å². The molecule has 0 unspecified atom stereocenters. The van der Waals surface area contributed by atoms with Gasteiger partial charge in [-0.15, -0.1) is 10.2 Å². The van der Waals surface area contributed by atoms with Crippen LogP contribution >= 0.6 is 11.6 Å². The van der Waals surface area contributed by atoms with E-state index in [1.807, 2.05) is 0 Å². The number of aromatic nitrogens is 4. The molecule has 7 heteroatoms. The Labute approximate surface area is 96.2 Å². The third kappa shape index (κ3) is 2.46. The van der Waals surface area contributed by atoms with Crippen LogP contribution in [0.2, 0.25) is 5.02 Å². The second-order valence-corrected chi connectivity index (χ2v) is 3.61. The molecule has 1 aromatic carbocycles. The first kappa shape index (κ1) is 10.8. The Morgan fingerprint density at radius 2 is 2.31 bits per heavy atom. The largest absolute Gasteiger partial charge is 0.375 e. The lowest BCUT2D eigenvalue weighted by atomic mass is 10.3. The zero-order valence-corrected chi connectivity index (χ0v) is 9.24. The van der Waals surface area contributed by atoms with Crippen LogP contribution in [0.1, 0.15) is 5.82 Å². The molecule has 0 atom stereocenters. The van der Waals surface area contributed by atoms with Gasteiger partial charge < -0.3 is 5.32 Å². The second-order valence-electron chi connectivity index (χ2n) is 3.17. The molecule has 2 rings (SSSR count). The zero-order chi connectivity index (χ0) is 11.5. The highest BCUT2D eigenvalue weighted by atomic mass is 35.5. The van der Waals surface area contributed by atoms with E-state index in [4.69, 9.17) is 11.6 Å². The summed E-state index contributed by atoms with van der Waals surface area (Å²) in [6.45, 7) is 0.297. The van der Waals surface area contributed by atoms with Crippen molar-refractivity contribution in [2.24, 2.45) is 7.05 Å². The smallest absolute Gasteiger partial charge is 0.193 e. The third-order valence-electron chi connectivity index (χ3n) is 1.92. The molecule has 0 radical (unpaired) electrons. The van der Waals surface area contributed by atoms with Crippen LogP contribution in [0.25, 0.3) is 0 Å². The summed E-state index contributed by atoms with van der Waals surface area (Å²) in [4.78, 5) is 1.34. The van der Waals surface area contributed by atoms with Crippen molar-refractivity contribution in [3.05, 3.63) is 34.9 Å². The highest BCUT2D eigenvalue weighted by Crippen LogP contribution is 2.19. The van der Waals surface area contributed by atoms with Gasteiger partial charge >= 0.3 is 0 Å². The maximum absolute atomic E-state index is 13.3. The van der Waals surface area contributed by atoms with Crippen molar-refractivity contribution in [2.75, 3.05) is 5.32 Å². The quantitative estimate of drug-likeness (QED) is 0.887.